The molecule has 1 aromatic heterocycles. The van der Waals surface area contributed by atoms with Crippen molar-refractivity contribution in [1.29, 1.82) is 0 Å². The van der Waals surface area contributed by atoms with Gasteiger partial charge >= 0.3 is 0 Å². The zero-order valence-corrected chi connectivity index (χ0v) is 13.3. The molecule has 0 aromatic carbocycles. The van der Waals surface area contributed by atoms with Gasteiger partial charge in [0, 0.05) is 18.8 Å². The molecular weight excluding hydrogens is 248 g/mol. The molecule has 1 fully saturated rings. The molecule has 2 rings (SSSR count). The number of rotatable bonds is 5. The summed E-state index contributed by atoms with van der Waals surface area (Å²) in [5.41, 5.74) is 2.51. The van der Waals surface area contributed by atoms with E-state index in [1.807, 2.05) is 12.1 Å². The number of anilines is 1. The molecule has 1 saturated heterocycles. The van der Waals surface area contributed by atoms with E-state index >= 15 is 0 Å². The molecular formula is C17H28N2O. The minimum atomic E-state index is 0.0930. The summed E-state index contributed by atoms with van der Waals surface area (Å²) < 4.78 is 0. The van der Waals surface area contributed by atoms with Crippen LogP contribution in [0.4, 0.5) is 5.82 Å². The van der Waals surface area contributed by atoms with Crippen LogP contribution >= 0.6 is 0 Å². The van der Waals surface area contributed by atoms with Gasteiger partial charge < -0.3 is 10.0 Å². The summed E-state index contributed by atoms with van der Waals surface area (Å²) in [6, 6.07) is 4.07. The van der Waals surface area contributed by atoms with Crippen molar-refractivity contribution in [3.63, 3.8) is 0 Å². The third-order valence-electron chi connectivity index (χ3n) is 4.93. The van der Waals surface area contributed by atoms with Crippen LogP contribution in [0.1, 0.15) is 64.1 Å². The monoisotopic (exact) mass is 276 g/mol. The SMILES string of the molecule is CCC1(CC)CCN(c2cc(CO)cc(C(C)C)n2)C1. The van der Waals surface area contributed by atoms with Crippen molar-refractivity contribution in [2.24, 2.45) is 5.41 Å². The summed E-state index contributed by atoms with van der Waals surface area (Å²) in [6.45, 7) is 11.2. The highest BCUT2D eigenvalue weighted by molar-refractivity contribution is 5.44. The van der Waals surface area contributed by atoms with Crippen LogP contribution in [0.5, 0.6) is 0 Å². The zero-order valence-electron chi connectivity index (χ0n) is 13.3. The van der Waals surface area contributed by atoms with Crippen molar-refractivity contribution in [2.45, 2.75) is 59.5 Å². The van der Waals surface area contributed by atoms with Crippen LogP contribution in [0.3, 0.4) is 0 Å². The number of aliphatic hydroxyl groups is 1. The lowest BCUT2D eigenvalue weighted by Crippen LogP contribution is -2.27. The van der Waals surface area contributed by atoms with Gasteiger partial charge in [0.15, 0.2) is 0 Å². The van der Waals surface area contributed by atoms with Crippen LogP contribution in [0, 0.1) is 5.41 Å². The third kappa shape index (κ3) is 2.98. The zero-order chi connectivity index (χ0) is 14.8. The second kappa shape index (κ2) is 6.13. The molecule has 0 radical (unpaired) electrons. The highest BCUT2D eigenvalue weighted by Crippen LogP contribution is 2.38. The number of aliphatic hydroxyl groups excluding tert-OH is 1. The number of nitrogens with zero attached hydrogens (tertiary/aromatic N) is 2. The summed E-state index contributed by atoms with van der Waals surface area (Å²) in [6.07, 6.45) is 3.72. The van der Waals surface area contributed by atoms with E-state index in [4.69, 9.17) is 4.98 Å². The smallest absolute Gasteiger partial charge is 0.129 e. The standard InChI is InChI=1S/C17H28N2O/c1-5-17(6-2)7-8-19(12-17)16-10-14(11-20)9-15(18-16)13(3)4/h9-10,13,20H,5-8,11-12H2,1-4H3. The quantitative estimate of drug-likeness (QED) is 0.890. The predicted molar refractivity (Wildman–Crippen MR) is 84.1 cm³/mol. The Kier molecular flexibility index (Phi) is 4.69. The lowest BCUT2D eigenvalue weighted by atomic mass is 9.82. The molecule has 0 aliphatic carbocycles. The maximum Gasteiger partial charge on any atom is 0.129 e. The fourth-order valence-electron chi connectivity index (χ4n) is 3.10. The van der Waals surface area contributed by atoms with Crippen LogP contribution < -0.4 is 4.90 Å². The van der Waals surface area contributed by atoms with Gasteiger partial charge in [0.2, 0.25) is 0 Å². The van der Waals surface area contributed by atoms with Gasteiger partial charge in [0.1, 0.15) is 5.82 Å². The molecule has 0 amide bonds. The van der Waals surface area contributed by atoms with E-state index in [2.05, 4.69) is 32.6 Å². The molecule has 1 N–H and O–H groups in total. The van der Waals surface area contributed by atoms with Crippen LogP contribution in [-0.4, -0.2) is 23.2 Å². The first-order chi connectivity index (χ1) is 9.53. The average molecular weight is 276 g/mol. The van der Waals surface area contributed by atoms with Crippen LogP contribution in [0.25, 0.3) is 0 Å². The van der Waals surface area contributed by atoms with Gasteiger partial charge in [-0.25, -0.2) is 4.98 Å². The second-order valence-corrected chi connectivity index (χ2v) is 6.45. The molecule has 0 unspecified atom stereocenters. The number of pyridine rings is 1. The molecule has 112 valence electrons. The molecule has 0 atom stereocenters. The molecule has 1 aliphatic rings. The lowest BCUT2D eigenvalue weighted by Gasteiger charge is -2.27. The summed E-state index contributed by atoms with van der Waals surface area (Å²) >= 11 is 0. The Labute approximate surface area is 123 Å². The Morgan fingerprint density at radius 2 is 2.00 bits per heavy atom. The Balaban J connectivity index is 2.27. The molecule has 2 heterocycles. The van der Waals surface area contributed by atoms with Gasteiger partial charge in [-0.3, -0.25) is 0 Å². The van der Waals surface area contributed by atoms with Gasteiger partial charge in [0.25, 0.3) is 0 Å². The largest absolute Gasteiger partial charge is 0.392 e. The van der Waals surface area contributed by atoms with Crippen LogP contribution in [0.2, 0.25) is 0 Å². The van der Waals surface area contributed by atoms with E-state index in [0.29, 0.717) is 11.3 Å². The van der Waals surface area contributed by atoms with E-state index in [-0.39, 0.29) is 6.61 Å². The average Bonchev–Trinajstić information content (AvgIpc) is 2.92. The van der Waals surface area contributed by atoms with Crippen molar-refractivity contribution in [2.75, 3.05) is 18.0 Å². The fourth-order valence-corrected chi connectivity index (χ4v) is 3.10. The molecule has 0 bridgehead atoms. The van der Waals surface area contributed by atoms with Gasteiger partial charge in [-0.2, -0.15) is 0 Å². The minimum absolute atomic E-state index is 0.0930. The van der Waals surface area contributed by atoms with Gasteiger partial charge in [-0.05, 0) is 48.3 Å². The Bertz CT molecular complexity index is 452. The van der Waals surface area contributed by atoms with Crippen molar-refractivity contribution in [3.8, 4) is 0 Å². The first kappa shape index (κ1) is 15.3. The molecule has 1 aliphatic heterocycles. The molecule has 20 heavy (non-hydrogen) atoms. The van der Waals surface area contributed by atoms with Crippen molar-refractivity contribution >= 4 is 5.82 Å². The van der Waals surface area contributed by atoms with Gasteiger partial charge in [-0.15, -0.1) is 0 Å². The van der Waals surface area contributed by atoms with E-state index in [9.17, 15) is 5.11 Å². The highest BCUT2D eigenvalue weighted by atomic mass is 16.3. The van der Waals surface area contributed by atoms with E-state index < -0.39 is 0 Å². The number of hydrogen-bond acceptors (Lipinski definition) is 3. The highest BCUT2D eigenvalue weighted by Gasteiger charge is 2.35. The number of hydrogen-bond donors (Lipinski definition) is 1. The molecule has 1 aromatic rings. The molecule has 0 saturated carbocycles. The second-order valence-electron chi connectivity index (χ2n) is 6.45. The van der Waals surface area contributed by atoms with E-state index in [1.54, 1.807) is 0 Å². The van der Waals surface area contributed by atoms with E-state index in [0.717, 1.165) is 30.2 Å². The Hall–Kier alpha value is -1.09. The third-order valence-corrected chi connectivity index (χ3v) is 4.93. The van der Waals surface area contributed by atoms with Crippen LogP contribution in [0.15, 0.2) is 12.1 Å². The van der Waals surface area contributed by atoms with Crippen molar-refractivity contribution in [3.05, 3.63) is 23.4 Å². The topological polar surface area (TPSA) is 36.4 Å². The summed E-state index contributed by atoms with van der Waals surface area (Å²) in [7, 11) is 0. The summed E-state index contributed by atoms with van der Waals surface area (Å²) in [5, 5.41) is 9.46. The van der Waals surface area contributed by atoms with Gasteiger partial charge in [-0.1, -0.05) is 27.7 Å². The first-order valence-corrected chi connectivity index (χ1v) is 7.90. The Morgan fingerprint density at radius 3 is 2.50 bits per heavy atom. The molecule has 0 spiro atoms. The predicted octanol–water partition coefficient (Wildman–Crippen LogP) is 3.71. The normalized spacial score (nSPS) is 18.0. The fraction of sp³-hybridized carbons (Fsp3) is 0.706. The summed E-state index contributed by atoms with van der Waals surface area (Å²) in [4.78, 5) is 7.21. The molecule has 3 heteroatoms. The van der Waals surface area contributed by atoms with Crippen molar-refractivity contribution in [1.82, 2.24) is 4.98 Å². The van der Waals surface area contributed by atoms with Crippen molar-refractivity contribution < 1.29 is 5.11 Å². The number of aromatic nitrogens is 1. The van der Waals surface area contributed by atoms with Crippen LogP contribution in [-0.2, 0) is 6.61 Å². The Morgan fingerprint density at radius 1 is 1.30 bits per heavy atom. The minimum Gasteiger partial charge on any atom is -0.392 e. The van der Waals surface area contributed by atoms with Gasteiger partial charge in [0.05, 0.1) is 6.61 Å². The first-order valence-electron chi connectivity index (χ1n) is 7.90. The van der Waals surface area contributed by atoms with E-state index in [1.165, 1.54) is 19.3 Å². The lowest BCUT2D eigenvalue weighted by molar-refractivity contribution is 0.281. The summed E-state index contributed by atoms with van der Waals surface area (Å²) in [5.74, 6) is 1.44. The molecule has 3 nitrogen and oxygen atoms in total. The maximum atomic E-state index is 9.46. The maximum absolute atomic E-state index is 9.46.